The minimum atomic E-state index is -1.38. The summed E-state index contributed by atoms with van der Waals surface area (Å²) in [5.74, 6) is -3.59. The van der Waals surface area contributed by atoms with E-state index in [9.17, 15) is 29.1 Å². The van der Waals surface area contributed by atoms with E-state index in [1.165, 1.54) is 29.1 Å². The molecular weight excluding hydrogens is 679 g/mol. The van der Waals surface area contributed by atoms with Crippen LogP contribution in [-0.2, 0) is 27.5 Å². The molecule has 1 aliphatic carbocycles. The Balaban J connectivity index is 1.05. The number of carbonyl (C=O) groups excluding carboxylic acids is 3. The first kappa shape index (κ1) is 34.3. The summed E-state index contributed by atoms with van der Waals surface area (Å²) in [5.41, 5.74) is 0.910. The highest BCUT2D eigenvalue weighted by atomic mass is 19.1. The van der Waals surface area contributed by atoms with Gasteiger partial charge >= 0.3 is 5.97 Å². The maximum Gasteiger partial charge on any atom is 0.341 e. The van der Waals surface area contributed by atoms with Gasteiger partial charge in [0, 0.05) is 37.9 Å². The Morgan fingerprint density at radius 1 is 1.13 bits per heavy atom. The van der Waals surface area contributed by atoms with E-state index in [0.717, 1.165) is 18.9 Å². The molecule has 2 amide bonds. The van der Waals surface area contributed by atoms with E-state index in [2.05, 4.69) is 15.5 Å². The second-order valence-electron chi connectivity index (χ2n) is 12.9. The molecule has 2 aliphatic heterocycles. The van der Waals surface area contributed by atoms with E-state index < -0.39 is 34.5 Å². The summed E-state index contributed by atoms with van der Waals surface area (Å²) in [6, 6.07) is 5.62. The van der Waals surface area contributed by atoms with Gasteiger partial charge in [-0.2, -0.15) is 0 Å². The van der Waals surface area contributed by atoms with Crippen molar-refractivity contribution in [3.05, 3.63) is 75.1 Å². The molecular formula is C35H35FN8O8. The maximum absolute atomic E-state index is 15.9. The maximum atomic E-state index is 15.9. The van der Waals surface area contributed by atoms with Gasteiger partial charge in [-0.1, -0.05) is 16.4 Å². The van der Waals surface area contributed by atoms with E-state index in [0.29, 0.717) is 29.1 Å². The summed E-state index contributed by atoms with van der Waals surface area (Å²) in [5, 5.41) is 21.6. The number of Topliss-reactive ketones (excluding diaryl/α,β-unsaturated/α-hetero) is 1. The number of aromatic carboxylic acids is 1. The number of carboxylic acids is 1. The fourth-order valence-electron chi connectivity index (χ4n) is 6.86. The molecule has 52 heavy (non-hydrogen) atoms. The largest absolute Gasteiger partial charge is 0.492 e. The van der Waals surface area contributed by atoms with Crippen molar-refractivity contribution in [1.82, 2.24) is 24.5 Å². The number of aromatic nitrogens is 4. The third-order valence-corrected chi connectivity index (χ3v) is 9.44. The molecule has 1 saturated heterocycles. The van der Waals surface area contributed by atoms with Gasteiger partial charge in [0.2, 0.25) is 11.3 Å². The summed E-state index contributed by atoms with van der Waals surface area (Å²) in [4.78, 5) is 73.7. The highest BCUT2D eigenvalue weighted by Crippen LogP contribution is 2.44. The molecule has 3 aliphatic rings. The summed E-state index contributed by atoms with van der Waals surface area (Å²) in [6.45, 7) is 4.59. The number of nitrogens with zero attached hydrogens (tertiary/aromatic N) is 8. The van der Waals surface area contributed by atoms with Gasteiger partial charge in [0.1, 0.15) is 30.1 Å². The van der Waals surface area contributed by atoms with E-state index >= 15 is 4.39 Å². The van der Waals surface area contributed by atoms with E-state index in [1.807, 2.05) is 6.92 Å². The van der Waals surface area contributed by atoms with Gasteiger partial charge in [-0.05, 0) is 50.5 Å². The van der Waals surface area contributed by atoms with E-state index in [4.69, 9.17) is 9.57 Å². The average Bonchev–Trinajstić information content (AvgIpc) is 3.83. The van der Waals surface area contributed by atoms with Gasteiger partial charge < -0.3 is 29.0 Å². The van der Waals surface area contributed by atoms with Gasteiger partial charge in [-0.3, -0.25) is 24.1 Å². The molecule has 0 bridgehead atoms. The van der Waals surface area contributed by atoms with Crippen LogP contribution < -0.4 is 20.0 Å². The molecule has 2 fully saturated rings. The van der Waals surface area contributed by atoms with Crippen molar-refractivity contribution in [3.8, 4) is 5.75 Å². The molecule has 2 aromatic carbocycles. The SMILES string of the molecule is CCO/N=C/c1ccc2c(c1)C(=O)C(=O)N2Cc1cn(CC(=O)N2CCN(c3c(F)cc4c(=O)c(C(=O)O)cn(C5CC5)c4c3OC)CC2C)nn1. The topological polar surface area (TPSA) is 182 Å². The second-order valence-corrected chi connectivity index (χ2v) is 12.9. The van der Waals surface area contributed by atoms with Crippen LogP contribution in [0.4, 0.5) is 15.8 Å². The molecule has 1 saturated carbocycles. The predicted molar refractivity (Wildman–Crippen MR) is 185 cm³/mol. The summed E-state index contributed by atoms with van der Waals surface area (Å²) >= 11 is 0. The number of hydrogen-bond donors (Lipinski definition) is 1. The smallest absolute Gasteiger partial charge is 0.341 e. The fraction of sp³-hybridized carbons (Fsp3) is 0.371. The Kier molecular flexibility index (Phi) is 8.94. The van der Waals surface area contributed by atoms with Crippen molar-refractivity contribution < 1.29 is 38.2 Å². The molecule has 1 unspecified atom stereocenters. The number of carboxylic acid groups (broad SMARTS) is 1. The molecule has 2 aromatic heterocycles. The van der Waals surface area contributed by atoms with Crippen molar-refractivity contribution >= 4 is 52.1 Å². The van der Waals surface area contributed by atoms with Gasteiger partial charge in [-0.25, -0.2) is 13.9 Å². The first-order valence-corrected chi connectivity index (χ1v) is 16.8. The first-order valence-electron chi connectivity index (χ1n) is 16.8. The van der Waals surface area contributed by atoms with Crippen LogP contribution in [0.15, 0.2) is 46.6 Å². The number of hydrogen-bond acceptors (Lipinski definition) is 11. The third-order valence-electron chi connectivity index (χ3n) is 9.44. The Morgan fingerprint density at radius 3 is 2.62 bits per heavy atom. The highest BCUT2D eigenvalue weighted by molar-refractivity contribution is 6.52. The number of amides is 2. The molecule has 0 spiro atoms. The number of carbonyl (C=O) groups is 4. The molecule has 270 valence electrons. The monoisotopic (exact) mass is 714 g/mol. The lowest BCUT2D eigenvalue weighted by Crippen LogP contribution is -2.55. The lowest BCUT2D eigenvalue weighted by Gasteiger charge is -2.41. The summed E-state index contributed by atoms with van der Waals surface area (Å²) in [7, 11) is 1.38. The first-order chi connectivity index (χ1) is 25.0. The van der Waals surface area contributed by atoms with Crippen LogP contribution in [0.5, 0.6) is 5.75 Å². The zero-order chi connectivity index (χ0) is 36.8. The number of benzene rings is 2. The van der Waals surface area contributed by atoms with Crippen LogP contribution in [0.1, 0.15) is 64.7 Å². The number of ketones is 1. The fourth-order valence-corrected chi connectivity index (χ4v) is 6.86. The molecule has 1 N–H and O–H groups in total. The highest BCUT2D eigenvalue weighted by Gasteiger charge is 2.37. The third kappa shape index (κ3) is 6.11. The molecule has 0 radical (unpaired) electrons. The molecule has 17 heteroatoms. The average molecular weight is 715 g/mol. The van der Waals surface area contributed by atoms with Gasteiger partial charge in [-0.15, -0.1) is 5.10 Å². The quantitative estimate of drug-likeness (QED) is 0.137. The summed E-state index contributed by atoms with van der Waals surface area (Å²) in [6.07, 6.45) is 5.88. The number of oxime groups is 1. The zero-order valence-corrected chi connectivity index (χ0v) is 28.6. The predicted octanol–water partition coefficient (Wildman–Crippen LogP) is 2.61. The normalized spacial score (nSPS) is 17.4. The molecule has 4 heterocycles. The molecule has 4 aromatic rings. The van der Waals surface area contributed by atoms with E-state index in [1.54, 1.807) is 45.7 Å². The zero-order valence-electron chi connectivity index (χ0n) is 28.6. The number of pyridine rings is 1. The van der Waals surface area contributed by atoms with Crippen molar-refractivity contribution in [3.63, 3.8) is 0 Å². The minimum Gasteiger partial charge on any atom is -0.492 e. The summed E-state index contributed by atoms with van der Waals surface area (Å²) < 4.78 is 24.6. The number of anilines is 2. The van der Waals surface area contributed by atoms with Crippen LogP contribution >= 0.6 is 0 Å². The van der Waals surface area contributed by atoms with Gasteiger partial charge in [0.25, 0.3) is 11.7 Å². The van der Waals surface area contributed by atoms with Crippen molar-refractivity contribution in [2.75, 3.05) is 43.2 Å². The Bertz CT molecular complexity index is 2230. The van der Waals surface area contributed by atoms with Gasteiger partial charge in [0.15, 0.2) is 11.6 Å². The second kappa shape index (κ2) is 13.5. The van der Waals surface area contributed by atoms with Crippen LogP contribution in [0.3, 0.4) is 0 Å². The number of rotatable bonds is 11. The minimum absolute atomic E-state index is 0.0292. The number of halogens is 1. The standard InChI is InChI=1S/C35H35FN8O8/c1-4-52-37-13-20-5-8-27-23(11-20)32(47)34(48)44(27)16-21-15-41(39-38-21)18-28(45)42-10-9-40(14-19(42)2)30-26(36)12-24-29(33(30)51-3)43(22-6-7-22)17-25(31(24)46)35(49)50/h5,8,11-13,15,17,19,22H,4,6-7,9-10,14,16,18H2,1-3H3,(H,49,50)/b37-13+. The lowest BCUT2D eigenvalue weighted by molar-refractivity contribution is -0.134. The van der Waals surface area contributed by atoms with Gasteiger partial charge in [0.05, 0.1) is 48.2 Å². The van der Waals surface area contributed by atoms with Crippen molar-refractivity contribution in [2.45, 2.75) is 51.9 Å². The van der Waals surface area contributed by atoms with Crippen molar-refractivity contribution in [2.24, 2.45) is 5.16 Å². The van der Waals surface area contributed by atoms with E-state index in [-0.39, 0.29) is 73.1 Å². The van der Waals surface area contributed by atoms with Crippen LogP contribution in [0.2, 0.25) is 0 Å². The Hall–Kier alpha value is -6.13. The van der Waals surface area contributed by atoms with Crippen LogP contribution in [0.25, 0.3) is 10.9 Å². The number of piperazine rings is 1. The Labute approximate surface area is 295 Å². The molecule has 16 nitrogen and oxygen atoms in total. The van der Waals surface area contributed by atoms with Crippen LogP contribution in [0, 0.1) is 5.82 Å². The van der Waals surface area contributed by atoms with Crippen LogP contribution in [-0.4, -0.2) is 98.7 Å². The molecule has 1 atom stereocenters. The number of ether oxygens (including phenoxy) is 1. The molecule has 7 rings (SSSR count). The Morgan fingerprint density at radius 2 is 1.92 bits per heavy atom. The lowest BCUT2D eigenvalue weighted by atomic mass is 10.1. The van der Waals surface area contributed by atoms with Crippen molar-refractivity contribution in [1.29, 1.82) is 0 Å². The number of methoxy groups -OCH3 is 1. The number of fused-ring (bicyclic) bond motifs is 2.